The second kappa shape index (κ2) is 11.4. The molecule has 0 aliphatic rings. The summed E-state index contributed by atoms with van der Waals surface area (Å²) in [7, 11) is 0. The van der Waals surface area contributed by atoms with E-state index in [9.17, 15) is 14.4 Å². The van der Waals surface area contributed by atoms with E-state index in [1.807, 2.05) is 44.2 Å². The van der Waals surface area contributed by atoms with Crippen molar-refractivity contribution in [2.75, 3.05) is 25.4 Å². The molecule has 0 radical (unpaired) electrons. The van der Waals surface area contributed by atoms with E-state index < -0.39 is 11.5 Å². The van der Waals surface area contributed by atoms with Crippen molar-refractivity contribution in [2.45, 2.75) is 38.9 Å². The maximum atomic E-state index is 12.9. The molecule has 0 atom stereocenters. The number of nitrogens with zero attached hydrogens (tertiary/aromatic N) is 3. The zero-order valence-corrected chi connectivity index (χ0v) is 17.9. The smallest absolute Gasteiger partial charge is 0.345 e. The summed E-state index contributed by atoms with van der Waals surface area (Å²) in [4.78, 5) is 43.5. The summed E-state index contributed by atoms with van der Waals surface area (Å²) in [6.45, 7) is 6.53. The molecule has 156 valence electrons. The second-order valence-electron chi connectivity index (χ2n) is 6.22. The van der Waals surface area contributed by atoms with Crippen LogP contribution in [0.3, 0.4) is 0 Å². The first-order chi connectivity index (χ1) is 14.0. The largest absolute Gasteiger partial charge is 0.462 e. The van der Waals surface area contributed by atoms with E-state index in [0.717, 1.165) is 6.42 Å². The number of thioether (sulfide) groups is 1. The number of amides is 1. The molecular weight excluding hydrogens is 390 g/mol. The highest BCUT2D eigenvalue weighted by Gasteiger charge is 2.20. The Kier molecular flexibility index (Phi) is 8.92. The van der Waals surface area contributed by atoms with E-state index in [0.29, 0.717) is 24.0 Å². The molecule has 0 N–H and O–H groups in total. The van der Waals surface area contributed by atoms with Gasteiger partial charge in [-0.2, -0.15) is 0 Å². The third-order valence-corrected chi connectivity index (χ3v) is 5.37. The lowest BCUT2D eigenvalue weighted by molar-refractivity contribution is -0.131. The maximum absolute atomic E-state index is 12.9. The van der Waals surface area contributed by atoms with Crippen LogP contribution in [-0.2, 0) is 22.5 Å². The Bertz CT molecular complexity index is 879. The molecule has 1 aromatic carbocycles. The summed E-state index contributed by atoms with van der Waals surface area (Å²) in [5.74, 6) is -0.228. The molecule has 1 amide bonds. The monoisotopic (exact) mass is 417 g/mol. The van der Waals surface area contributed by atoms with Gasteiger partial charge in [-0.1, -0.05) is 42.1 Å². The molecule has 7 nitrogen and oxygen atoms in total. The van der Waals surface area contributed by atoms with Crippen LogP contribution in [-0.4, -0.2) is 51.8 Å². The van der Waals surface area contributed by atoms with Crippen molar-refractivity contribution in [2.24, 2.45) is 0 Å². The minimum atomic E-state index is -0.727. The molecule has 8 heteroatoms. The molecule has 2 rings (SSSR count). The summed E-state index contributed by atoms with van der Waals surface area (Å²) in [5, 5.41) is 0.416. The molecule has 0 saturated carbocycles. The van der Waals surface area contributed by atoms with Crippen LogP contribution in [0.15, 0.2) is 46.5 Å². The number of aromatic nitrogens is 2. The first kappa shape index (κ1) is 22.7. The van der Waals surface area contributed by atoms with Gasteiger partial charge in [0.05, 0.1) is 12.8 Å². The highest BCUT2D eigenvalue weighted by Crippen LogP contribution is 2.17. The highest BCUT2D eigenvalue weighted by atomic mass is 32.2. The van der Waals surface area contributed by atoms with Gasteiger partial charge in [0.25, 0.3) is 5.56 Å². The lowest BCUT2D eigenvalue weighted by Crippen LogP contribution is -2.38. The molecule has 1 aromatic heterocycles. The number of carbonyl (C=O) groups is 2. The van der Waals surface area contributed by atoms with E-state index in [4.69, 9.17) is 4.74 Å². The van der Waals surface area contributed by atoms with Gasteiger partial charge in [0, 0.05) is 18.8 Å². The highest BCUT2D eigenvalue weighted by molar-refractivity contribution is 7.99. The third kappa shape index (κ3) is 6.19. The summed E-state index contributed by atoms with van der Waals surface area (Å²) in [6.07, 6.45) is 2.04. The molecule has 0 spiro atoms. The minimum Gasteiger partial charge on any atom is -0.462 e. The zero-order chi connectivity index (χ0) is 21.2. The Morgan fingerprint density at radius 3 is 2.45 bits per heavy atom. The van der Waals surface area contributed by atoms with Gasteiger partial charge < -0.3 is 9.64 Å². The lowest BCUT2D eigenvalue weighted by Gasteiger charge is -2.20. The number of likely N-dealkylation sites (N-methyl/N-ethyl adjacent to an activating group) is 1. The fourth-order valence-electron chi connectivity index (χ4n) is 2.80. The van der Waals surface area contributed by atoms with Crippen molar-refractivity contribution in [1.82, 2.24) is 14.5 Å². The number of hydrogen-bond donors (Lipinski definition) is 0. The van der Waals surface area contributed by atoms with Crippen LogP contribution in [0.2, 0.25) is 0 Å². The molecule has 0 bridgehead atoms. The van der Waals surface area contributed by atoms with Crippen LogP contribution in [0.1, 0.15) is 36.7 Å². The molecule has 2 aromatic rings. The summed E-state index contributed by atoms with van der Waals surface area (Å²) in [6, 6.07) is 9.99. The second-order valence-corrected chi connectivity index (χ2v) is 7.28. The molecule has 0 aliphatic heterocycles. The van der Waals surface area contributed by atoms with Gasteiger partial charge in [-0.05, 0) is 32.8 Å². The standard InChI is InChI=1S/C21H27N3O4S/c1-4-23(5-2)18(25)15-24-19(26)17(20(27)28-6-3)14-22-21(24)29-13-12-16-10-8-7-9-11-16/h7-11,14H,4-6,12-13,15H2,1-3H3. The lowest BCUT2D eigenvalue weighted by atomic mass is 10.2. The number of hydrogen-bond acceptors (Lipinski definition) is 6. The molecular formula is C21H27N3O4S. The van der Waals surface area contributed by atoms with E-state index in [2.05, 4.69) is 4.98 Å². The molecule has 29 heavy (non-hydrogen) atoms. The van der Waals surface area contributed by atoms with Crippen LogP contribution in [0.5, 0.6) is 0 Å². The van der Waals surface area contributed by atoms with Crippen molar-refractivity contribution in [1.29, 1.82) is 0 Å². The normalized spacial score (nSPS) is 10.6. The number of ether oxygens (including phenoxy) is 1. The van der Waals surface area contributed by atoms with Crippen LogP contribution in [0.25, 0.3) is 0 Å². The number of benzene rings is 1. The van der Waals surface area contributed by atoms with Gasteiger partial charge in [-0.15, -0.1) is 0 Å². The SMILES string of the molecule is CCOC(=O)c1cnc(SCCc2ccccc2)n(CC(=O)N(CC)CC)c1=O. The maximum Gasteiger partial charge on any atom is 0.345 e. The molecule has 0 saturated heterocycles. The van der Waals surface area contributed by atoms with Crippen molar-refractivity contribution >= 4 is 23.6 Å². The van der Waals surface area contributed by atoms with Crippen molar-refractivity contribution in [3.63, 3.8) is 0 Å². The van der Waals surface area contributed by atoms with E-state index >= 15 is 0 Å². The average Bonchev–Trinajstić information content (AvgIpc) is 2.72. The van der Waals surface area contributed by atoms with Crippen molar-refractivity contribution in [3.05, 3.63) is 58.0 Å². The van der Waals surface area contributed by atoms with Crippen molar-refractivity contribution < 1.29 is 14.3 Å². The fraction of sp³-hybridized carbons (Fsp3) is 0.429. The van der Waals surface area contributed by atoms with Crippen molar-refractivity contribution in [3.8, 4) is 0 Å². The number of rotatable bonds is 10. The van der Waals surface area contributed by atoms with Crippen LogP contribution < -0.4 is 5.56 Å². The van der Waals surface area contributed by atoms with E-state index in [-0.39, 0.29) is 24.6 Å². The first-order valence-electron chi connectivity index (χ1n) is 9.73. The topological polar surface area (TPSA) is 81.5 Å². The Labute approximate surface area is 175 Å². The predicted octanol–water partition coefficient (Wildman–Crippen LogP) is 2.62. The number of carbonyl (C=O) groups excluding carboxylic acids is 2. The summed E-state index contributed by atoms with van der Waals surface area (Å²) in [5.41, 5.74) is 0.462. The van der Waals surface area contributed by atoms with E-state index in [1.165, 1.54) is 28.1 Å². The first-order valence-corrected chi connectivity index (χ1v) is 10.7. The predicted molar refractivity (Wildman–Crippen MR) is 113 cm³/mol. The van der Waals surface area contributed by atoms with Crippen LogP contribution in [0, 0.1) is 0 Å². The molecule has 0 unspecified atom stereocenters. The van der Waals surface area contributed by atoms with Crippen LogP contribution >= 0.6 is 11.8 Å². The van der Waals surface area contributed by atoms with E-state index in [1.54, 1.807) is 11.8 Å². The third-order valence-electron chi connectivity index (χ3n) is 4.38. The quantitative estimate of drug-likeness (QED) is 0.336. The summed E-state index contributed by atoms with van der Waals surface area (Å²) >= 11 is 1.39. The molecule has 0 fully saturated rings. The number of esters is 1. The molecule has 1 heterocycles. The summed E-state index contributed by atoms with van der Waals surface area (Å²) < 4.78 is 6.22. The van der Waals surface area contributed by atoms with Crippen LogP contribution in [0.4, 0.5) is 0 Å². The van der Waals surface area contributed by atoms with Gasteiger partial charge in [0.1, 0.15) is 12.1 Å². The Hall–Kier alpha value is -2.61. The minimum absolute atomic E-state index is 0.157. The van der Waals surface area contributed by atoms with Gasteiger partial charge in [-0.3, -0.25) is 14.2 Å². The average molecular weight is 418 g/mol. The van der Waals surface area contributed by atoms with Gasteiger partial charge in [0.15, 0.2) is 5.16 Å². The van der Waals surface area contributed by atoms with Gasteiger partial charge in [-0.25, -0.2) is 9.78 Å². The number of aryl methyl sites for hydroxylation is 1. The zero-order valence-electron chi connectivity index (χ0n) is 17.1. The van der Waals surface area contributed by atoms with Gasteiger partial charge in [0.2, 0.25) is 5.91 Å². The van der Waals surface area contributed by atoms with Gasteiger partial charge >= 0.3 is 5.97 Å². The molecule has 0 aliphatic carbocycles. The Morgan fingerprint density at radius 1 is 1.14 bits per heavy atom. The fourth-order valence-corrected chi connectivity index (χ4v) is 3.75. The Morgan fingerprint density at radius 2 is 1.83 bits per heavy atom. The Balaban J connectivity index is 2.28.